The lowest BCUT2D eigenvalue weighted by atomic mass is 10.2. The van der Waals surface area contributed by atoms with Gasteiger partial charge in [0.15, 0.2) is 0 Å². The van der Waals surface area contributed by atoms with Gasteiger partial charge in [-0.15, -0.1) is 0 Å². The minimum Gasteiger partial charge on any atom is -0.303 e. The van der Waals surface area contributed by atoms with E-state index in [9.17, 15) is 0 Å². The van der Waals surface area contributed by atoms with Crippen LogP contribution in [0.3, 0.4) is 0 Å². The normalized spacial score (nSPS) is 15.8. The van der Waals surface area contributed by atoms with E-state index in [0.717, 1.165) is 17.9 Å². The van der Waals surface area contributed by atoms with Crippen LogP contribution >= 0.6 is 16.1 Å². The number of allylic oxidation sites excluding steroid dienone is 2. The van der Waals surface area contributed by atoms with Gasteiger partial charge in [0.05, 0.1) is 27.5 Å². The smallest absolute Gasteiger partial charge is 0.0871 e. The second-order valence-corrected chi connectivity index (χ2v) is 3.60. The highest BCUT2D eigenvalue weighted by Gasteiger charge is 2.09. The van der Waals surface area contributed by atoms with Crippen LogP contribution in [0.4, 0.5) is 0 Å². The summed E-state index contributed by atoms with van der Waals surface area (Å²) in [6.45, 7) is 0.877. The van der Waals surface area contributed by atoms with Crippen LogP contribution in [0.15, 0.2) is 42.6 Å². The summed E-state index contributed by atoms with van der Waals surface area (Å²) >= 11 is 3.47. The molecule has 2 rings (SSSR count). The van der Waals surface area contributed by atoms with E-state index in [1.165, 1.54) is 0 Å². The molecule has 1 aromatic rings. The Kier molecular flexibility index (Phi) is 2.45. The first-order chi connectivity index (χ1) is 6.38. The molecule has 2 nitrogen and oxygen atoms in total. The number of rotatable bonds is 1. The summed E-state index contributed by atoms with van der Waals surface area (Å²) in [5, 5.41) is 0. The average molecular weight is 237 g/mol. The molecule has 0 N–H and O–H groups in total. The van der Waals surface area contributed by atoms with Crippen LogP contribution in [0.1, 0.15) is 5.69 Å². The zero-order chi connectivity index (χ0) is 9.10. The number of hydrogen-bond donors (Lipinski definition) is 0. The summed E-state index contributed by atoms with van der Waals surface area (Å²) in [6, 6.07) is 5.91. The standard InChI is InChI=1S/C10H9BrN2/c11-13-8-4-2-6-10(13)9-5-1-3-7-12-9/h1-7H,8H2. The van der Waals surface area contributed by atoms with E-state index in [-0.39, 0.29) is 0 Å². The average Bonchev–Trinajstić information content (AvgIpc) is 2.20. The molecule has 0 atom stereocenters. The molecule has 0 unspecified atom stereocenters. The molecule has 0 spiro atoms. The third-order valence-electron chi connectivity index (χ3n) is 1.84. The first-order valence-corrected chi connectivity index (χ1v) is 4.80. The summed E-state index contributed by atoms with van der Waals surface area (Å²) in [5.41, 5.74) is 2.09. The van der Waals surface area contributed by atoms with Gasteiger partial charge in [-0.2, -0.15) is 0 Å². The van der Waals surface area contributed by atoms with Crippen molar-refractivity contribution in [1.82, 2.24) is 8.91 Å². The monoisotopic (exact) mass is 236 g/mol. The van der Waals surface area contributed by atoms with Crippen LogP contribution in [0.25, 0.3) is 5.70 Å². The Morgan fingerprint density at radius 2 is 2.31 bits per heavy atom. The summed E-state index contributed by atoms with van der Waals surface area (Å²) in [5.74, 6) is 0. The van der Waals surface area contributed by atoms with E-state index >= 15 is 0 Å². The van der Waals surface area contributed by atoms with Gasteiger partial charge in [0, 0.05) is 12.7 Å². The highest BCUT2D eigenvalue weighted by molar-refractivity contribution is 9.07. The molecule has 13 heavy (non-hydrogen) atoms. The molecule has 0 aromatic carbocycles. The molecule has 3 heteroatoms. The van der Waals surface area contributed by atoms with Gasteiger partial charge in [-0.1, -0.05) is 18.2 Å². The minimum atomic E-state index is 0.877. The summed E-state index contributed by atoms with van der Waals surface area (Å²) in [4.78, 5) is 4.28. The van der Waals surface area contributed by atoms with Crippen molar-refractivity contribution in [3.63, 3.8) is 0 Å². The van der Waals surface area contributed by atoms with Crippen molar-refractivity contribution in [3.05, 3.63) is 48.3 Å². The zero-order valence-corrected chi connectivity index (χ0v) is 8.61. The first-order valence-electron chi connectivity index (χ1n) is 4.09. The fourth-order valence-corrected chi connectivity index (χ4v) is 1.68. The molecule has 0 aliphatic carbocycles. The van der Waals surface area contributed by atoms with E-state index in [2.05, 4.69) is 27.2 Å². The zero-order valence-electron chi connectivity index (χ0n) is 7.02. The van der Waals surface area contributed by atoms with Crippen molar-refractivity contribution < 1.29 is 0 Å². The Bertz CT molecular complexity index is 343. The van der Waals surface area contributed by atoms with Crippen molar-refractivity contribution in [2.75, 3.05) is 6.54 Å². The highest BCUT2D eigenvalue weighted by Crippen LogP contribution is 2.22. The van der Waals surface area contributed by atoms with Gasteiger partial charge in [0.25, 0.3) is 0 Å². The maximum Gasteiger partial charge on any atom is 0.0871 e. The maximum atomic E-state index is 4.28. The predicted molar refractivity (Wildman–Crippen MR) is 57.0 cm³/mol. The molecule has 1 aliphatic rings. The Morgan fingerprint density at radius 1 is 1.38 bits per heavy atom. The lowest BCUT2D eigenvalue weighted by Gasteiger charge is -2.19. The van der Waals surface area contributed by atoms with E-state index < -0.39 is 0 Å². The molecule has 0 bridgehead atoms. The minimum absolute atomic E-state index is 0.877. The van der Waals surface area contributed by atoms with Gasteiger partial charge in [-0.05, 0) is 18.2 Å². The van der Waals surface area contributed by atoms with Crippen LogP contribution in [0.5, 0.6) is 0 Å². The van der Waals surface area contributed by atoms with Crippen LogP contribution in [-0.4, -0.2) is 15.5 Å². The van der Waals surface area contributed by atoms with Crippen LogP contribution in [0, 0.1) is 0 Å². The lowest BCUT2D eigenvalue weighted by Crippen LogP contribution is -2.12. The van der Waals surface area contributed by atoms with E-state index in [1.54, 1.807) is 6.20 Å². The number of hydrogen-bond acceptors (Lipinski definition) is 2. The molecule has 2 heterocycles. The Balaban J connectivity index is 2.35. The van der Waals surface area contributed by atoms with Gasteiger partial charge >= 0.3 is 0 Å². The first kappa shape index (κ1) is 8.51. The van der Waals surface area contributed by atoms with Gasteiger partial charge in [-0.25, -0.2) is 0 Å². The summed E-state index contributed by atoms with van der Waals surface area (Å²) < 4.78 is 2.00. The third kappa shape index (κ3) is 1.80. The van der Waals surface area contributed by atoms with E-state index in [4.69, 9.17) is 0 Å². The fraction of sp³-hybridized carbons (Fsp3) is 0.100. The van der Waals surface area contributed by atoms with Gasteiger partial charge in [-0.3, -0.25) is 4.98 Å². The third-order valence-corrected chi connectivity index (χ3v) is 2.52. The van der Waals surface area contributed by atoms with Crippen LogP contribution in [-0.2, 0) is 0 Å². The maximum absolute atomic E-state index is 4.28. The largest absolute Gasteiger partial charge is 0.303 e. The van der Waals surface area contributed by atoms with Crippen LogP contribution < -0.4 is 0 Å². The number of pyridine rings is 1. The Morgan fingerprint density at radius 3 is 3.00 bits per heavy atom. The number of nitrogens with zero attached hydrogens (tertiary/aromatic N) is 2. The van der Waals surface area contributed by atoms with Crippen LogP contribution in [0.2, 0.25) is 0 Å². The topological polar surface area (TPSA) is 16.1 Å². The second kappa shape index (κ2) is 3.75. The molecule has 66 valence electrons. The molecular formula is C10H9BrN2. The Hall–Kier alpha value is -1.09. The molecule has 0 fully saturated rings. The molecular weight excluding hydrogens is 228 g/mol. The fourth-order valence-electron chi connectivity index (χ4n) is 1.22. The summed E-state index contributed by atoms with van der Waals surface area (Å²) in [6.07, 6.45) is 7.97. The molecule has 0 amide bonds. The van der Waals surface area contributed by atoms with Crippen molar-refractivity contribution in [2.24, 2.45) is 0 Å². The lowest BCUT2D eigenvalue weighted by molar-refractivity contribution is 0.737. The quantitative estimate of drug-likeness (QED) is 0.698. The number of aromatic nitrogens is 1. The molecule has 0 saturated heterocycles. The van der Waals surface area contributed by atoms with Crippen molar-refractivity contribution >= 4 is 21.8 Å². The second-order valence-electron chi connectivity index (χ2n) is 2.74. The van der Waals surface area contributed by atoms with Gasteiger partial charge in [0.1, 0.15) is 0 Å². The molecule has 1 aliphatic heterocycles. The molecule has 1 aromatic heterocycles. The van der Waals surface area contributed by atoms with Crippen molar-refractivity contribution in [1.29, 1.82) is 0 Å². The molecule has 0 saturated carbocycles. The molecule has 0 radical (unpaired) electrons. The van der Waals surface area contributed by atoms with Crippen molar-refractivity contribution in [2.45, 2.75) is 0 Å². The van der Waals surface area contributed by atoms with Gasteiger partial charge < -0.3 is 3.93 Å². The van der Waals surface area contributed by atoms with E-state index in [0.29, 0.717) is 0 Å². The number of halogens is 1. The Labute approximate surface area is 85.9 Å². The SMILES string of the molecule is BrN1CC=CC=C1c1ccccn1. The summed E-state index contributed by atoms with van der Waals surface area (Å²) in [7, 11) is 0. The van der Waals surface area contributed by atoms with Crippen molar-refractivity contribution in [3.8, 4) is 0 Å². The van der Waals surface area contributed by atoms with Gasteiger partial charge in [0.2, 0.25) is 0 Å². The predicted octanol–water partition coefficient (Wildman–Crippen LogP) is 2.60. The van der Waals surface area contributed by atoms with E-state index in [1.807, 2.05) is 34.3 Å². The highest BCUT2D eigenvalue weighted by atomic mass is 79.9.